The number of carbonyl (C=O) groups is 2. The minimum atomic E-state index is -0.865. The van der Waals surface area contributed by atoms with Gasteiger partial charge in [-0.3, -0.25) is 14.9 Å². The average Bonchev–Trinajstić information content (AvgIpc) is 3.13. The molecule has 9 heteroatoms. The maximum atomic E-state index is 12.4. The maximum absolute atomic E-state index is 12.4. The van der Waals surface area contributed by atoms with Gasteiger partial charge in [0.2, 0.25) is 5.78 Å². The van der Waals surface area contributed by atoms with Crippen LogP contribution in [0.15, 0.2) is 29.5 Å². The zero-order chi connectivity index (χ0) is 19.3. The van der Waals surface area contributed by atoms with Crippen molar-refractivity contribution < 1.29 is 19.2 Å². The van der Waals surface area contributed by atoms with Crippen LogP contribution in [0.1, 0.15) is 30.1 Å². The number of hydrogen-bond donors (Lipinski definition) is 1. The Morgan fingerprint density at radius 1 is 1.38 bits per heavy atom. The second-order valence-electron chi connectivity index (χ2n) is 5.82. The molecular weight excluding hydrogens is 340 g/mol. The van der Waals surface area contributed by atoms with Crippen LogP contribution in [-0.4, -0.2) is 36.4 Å². The Balaban J connectivity index is 2.25. The van der Waals surface area contributed by atoms with Crippen LogP contribution in [0.25, 0.3) is 0 Å². The van der Waals surface area contributed by atoms with E-state index in [2.05, 4.69) is 0 Å². The largest absolute Gasteiger partial charge is 0.454 e. The molecule has 1 aromatic carbocycles. The number of nitrogens with two attached hydrogens (primary N) is 1. The zero-order valence-corrected chi connectivity index (χ0v) is 14.2. The molecule has 26 heavy (non-hydrogen) atoms. The number of esters is 1. The number of non-ortho nitro benzene ring substituents is 1. The summed E-state index contributed by atoms with van der Waals surface area (Å²) >= 11 is 0. The van der Waals surface area contributed by atoms with Crippen LogP contribution in [-0.2, 0) is 9.53 Å². The second kappa shape index (κ2) is 8.11. The quantitative estimate of drug-likeness (QED) is 0.266. The molecule has 0 atom stereocenters. The Labute approximate surface area is 149 Å². The van der Waals surface area contributed by atoms with Gasteiger partial charge in [0.15, 0.2) is 6.61 Å². The van der Waals surface area contributed by atoms with Crippen LogP contribution in [0.3, 0.4) is 0 Å². The van der Waals surface area contributed by atoms with Gasteiger partial charge in [-0.05, 0) is 25.8 Å². The van der Waals surface area contributed by atoms with E-state index in [1.165, 1.54) is 19.1 Å². The van der Waals surface area contributed by atoms with E-state index in [9.17, 15) is 19.7 Å². The summed E-state index contributed by atoms with van der Waals surface area (Å²) in [5.74, 6) is -1.59. The molecule has 1 aliphatic heterocycles. The fraction of sp³-hybridized carbons (Fsp3) is 0.353. The van der Waals surface area contributed by atoms with Gasteiger partial charge in [-0.25, -0.2) is 4.79 Å². The number of nitriles is 1. The van der Waals surface area contributed by atoms with Gasteiger partial charge in [-0.1, -0.05) is 0 Å². The number of nitro groups is 1. The van der Waals surface area contributed by atoms with Crippen LogP contribution in [0, 0.1) is 21.4 Å². The van der Waals surface area contributed by atoms with E-state index in [-0.39, 0.29) is 22.5 Å². The van der Waals surface area contributed by atoms with Gasteiger partial charge in [-0.15, -0.1) is 0 Å². The monoisotopic (exact) mass is 358 g/mol. The van der Waals surface area contributed by atoms with Crippen LogP contribution in [0.4, 0.5) is 11.4 Å². The van der Waals surface area contributed by atoms with Gasteiger partial charge in [0.05, 0.1) is 16.2 Å². The van der Waals surface area contributed by atoms with Crippen molar-refractivity contribution >= 4 is 23.1 Å². The molecule has 2 N–H and O–H groups in total. The van der Waals surface area contributed by atoms with Crippen molar-refractivity contribution in [3.63, 3.8) is 0 Å². The van der Waals surface area contributed by atoms with Gasteiger partial charge < -0.3 is 15.4 Å². The standard InChI is InChI=1S/C17H18N4O5/c1-11(19)14(9-18)16(22)10-26-17(23)13-8-12(21(24)25)4-5-15(13)20-6-2-3-7-20/h4-5,8H,2-3,6-7,10,19H2,1H3/b14-11-. The van der Waals surface area contributed by atoms with Crippen molar-refractivity contribution in [2.45, 2.75) is 19.8 Å². The lowest BCUT2D eigenvalue weighted by atomic mass is 10.1. The molecule has 2 rings (SSSR count). The molecule has 0 saturated carbocycles. The van der Waals surface area contributed by atoms with Crippen molar-refractivity contribution in [2.24, 2.45) is 5.73 Å². The van der Waals surface area contributed by atoms with E-state index < -0.39 is 23.3 Å². The highest BCUT2D eigenvalue weighted by Gasteiger charge is 2.24. The fourth-order valence-corrected chi connectivity index (χ4v) is 2.69. The highest BCUT2D eigenvalue weighted by Crippen LogP contribution is 2.29. The Hall–Kier alpha value is -3.41. The molecule has 0 bridgehead atoms. The number of allylic oxidation sites excluding steroid dienone is 1. The number of nitrogens with zero attached hydrogens (tertiary/aromatic N) is 3. The third kappa shape index (κ3) is 4.16. The molecule has 1 aliphatic rings. The van der Waals surface area contributed by atoms with Gasteiger partial charge >= 0.3 is 5.97 Å². The Bertz CT molecular complexity index is 815. The highest BCUT2D eigenvalue weighted by atomic mass is 16.6. The molecule has 1 fully saturated rings. The molecule has 136 valence electrons. The third-order valence-electron chi connectivity index (χ3n) is 3.98. The lowest BCUT2D eigenvalue weighted by Gasteiger charge is -2.20. The highest BCUT2D eigenvalue weighted by molar-refractivity contribution is 6.03. The first-order valence-electron chi connectivity index (χ1n) is 7.95. The molecule has 0 unspecified atom stereocenters. The molecule has 1 heterocycles. The predicted octanol–water partition coefficient (Wildman–Crippen LogP) is 1.68. The summed E-state index contributed by atoms with van der Waals surface area (Å²) in [6.45, 7) is 2.18. The van der Waals surface area contributed by atoms with Gasteiger partial charge in [0.25, 0.3) is 5.69 Å². The minimum absolute atomic E-state index is 0.0147. The zero-order valence-electron chi connectivity index (χ0n) is 14.2. The summed E-state index contributed by atoms with van der Waals surface area (Å²) in [6, 6.07) is 5.63. The van der Waals surface area contributed by atoms with E-state index in [1.54, 1.807) is 6.07 Å². The van der Waals surface area contributed by atoms with Gasteiger partial charge in [0, 0.05) is 30.9 Å². The number of nitro benzene ring substituents is 1. The molecule has 1 saturated heterocycles. The number of anilines is 1. The first kappa shape index (κ1) is 18.9. The number of ether oxygens (including phenoxy) is 1. The van der Waals surface area contributed by atoms with Crippen molar-refractivity contribution in [3.05, 3.63) is 45.1 Å². The second-order valence-corrected chi connectivity index (χ2v) is 5.82. The summed E-state index contributed by atoms with van der Waals surface area (Å²) in [4.78, 5) is 36.7. The lowest BCUT2D eigenvalue weighted by Crippen LogP contribution is -2.23. The molecule has 1 aromatic rings. The fourth-order valence-electron chi connectivity index (χ4n) is 2.69. The SMILES string of the molecule is C/C(N)=C(\C#N)C(=O)COC(=O)c1cc([N+](=O)[O-])ccc1N1CCCC1. The van der Waals surface area contributed by atoms with E-state index in [4.69, 9.17) is 15.7 Å². The first-order chi connectivity index (χ1) is 12.3. The lowest BCUT2D eigenvalue weighted by molar-refractivity contribution is -0.384. The summed E-state index contributed by atoms with van der Waals surface area (Å²) in [5, 5.41) is 19.9. The summed E-state index contributed by atoms with van der Waals surface area (Å²) in [5.41, 5.74) is 5.48. The topological polar surface area (TPSA) is 140 Å². The van der Waals surface area contributed by atoms with Crippen molar-refractivity contribution in [3.8, 4) is 6.07 Å². The summed E-state index contributed by atoms with van der Waals surface area (Å²) in [6.07, 6.45) is 1.91. The molecule has 0 amide bonds. The van der Waals surface area contributed by atoms with Crippen molar-refractivity contribution in [1.29, 1.82) is 5.26 Å². The summed E-state index contributed by atoms with van der Waals surface area (Å²) in [7, 11) is 0. The minimum Gasteiger partial charge on any atom is -0.454 e. The van der Waals surface area contributed by atoms with Gasteiger partial charge in [-0.2, -0.15) is 5.26 Å². The molecule has 0 aliphatic carbocycles. The van der Waals surface area contributed by atoms with Gasteiger partial charge in [0.1, 0.15) is 11.6 Å². The van der Waals surface area contributed by atoms with E-state index >= 15 is 0 Å². The van der Waals surface area contributed by atoms with E-state index in [0.29, 0.717) is 5.69 Å². The normalized spacial score (nSPS) is 14.4. The van der Waals surface area contributed by atoms with E-state index in [1.807, 2.05) is 4.90 Å². The van der Waals surface area contributed by atoms with Crippen LogP contribution < -0.4 is 10.6 Å². The third-order valence-corrected chi connectivity index (χ3v) is 3.98. The number of Topliss-reactive ketones (excluding diaryl/α,β-unsaturated/α-hetero) is 1. The molecule has 0 radical (unpaired) electrons. The Morgan fingerprint density at radius 2 is 2.04 bits per heavy atom. The predicted molar refractivity (Wildman–Crippen MR) is 92.3 cm³/mol. The van der Waals surface area contributed by atoms with Crippen molar-refractivity contribution in [2.75, 3.05) is 24.6 Å². The van der Waals surface area contributed by atoms with Crippen LogP contribution in [0.2, 0.25) is 0 Å². The molecule has 0 spiro atoms. The number of carbonyl (C=O) groups excluding carboxylic acids is 2. The smallest absolute Gasteiger partial charge is 0.340 e. The Morgan fingerprint density at radius 3 is 2.58 bits per heavy atom. The first-order valence-corrected chi connectivity index (χ1v) is 7.95. The van der Waals surface area contributed by atoms with Crippen LogP contribution >= 0.6 is 0 Å². The number of hydrogen-bond acceptors (Lipinski definition) is 8. The van der Waals surface area contributed by atoms with Crippen molar-refractivity contribution in [1.82, 2.24) is 0 Å². The molecular formula is C17H18N4O5. The average molecular weight is 358 g/mol. The summed E-state index contributed by atoms with van der Waals surface area (Å²) < 4.78 is 4.98. The Kier molecular flexibility index (Phi) is 5.90. The number of rotatable bonds is 6. The van der Waals surface area contributed by atoms with Crippen LogP contribution in [0.5, 0.6) is 0 Å². The molecule has 0 aromatic heterocycles. The molecule has 9 nitrogen and oxygen atoms in total. The van der Waals surface area contributed by atoms with E-state index in [0.717, 1.165) is 32.0 Å². The number of benzene rings is 1. The maximum Gasteiger partial charge on any atom is 0.340 e. The number of ketones is 1.